The van der Waals surface area contributed by atoms with Gasteiger partial charge in [0.1, 0.15) is 5.75 Å². The molecule has 0 aliphatic heterocycles. The van der Waals surface area contributed by atoms with E-state index in [1.54, 1.807) is 6.07 Å². The van der Waals surface area contributed by atoms with Crippen LogP contribution in [-0.2, 0) is 0 Å². The number of nitrogen functional groups attached to an aromatic ring is 2. The van der Waals surface area contributed by atoms with Gasteiger partial charge in [-0.05, 0) is 32.6 Å². The summed E-state index contributed by atoms with van der Waals surface area (Å²) < 4.78 is 5.54. The molecule has 0 heterocycles. The van der Waals surface area contributed by atoms with Gasteiger partial charge in [-0.25, -0.2) is 0 Å². The second-order valence-electron chi connectivity index (χ2n) is 3.76. The lowest BCUT2D eigenvalue weighted by atomic mass is 10.2. The molecule has 0 amide bonds. The van der Waals surface area contributed by atoms with Crippen molar-refractivity contribution in [3.8, 4) is 5.75 Å². The number of para-hydroxylation sites is 1. The second kappa shape index (κ2) is 5.46. The van der Waals surface area contributed by atoms with Crippen molar-refractivity contribution < 1.29 is 4.74 Å². The summed E-state index contributed by atoms with van der Waals surface area (Å²) in [6.07, 6.45) is 0.973. The van der Waals surface area contributed by atoms with Crippen LogP contribution in [-0.4, -0.2) is 32.1 Å². The minimum atomic E-state index is 0.530. The minimum absolute atomic E-state index is 0.530. The summed E-state index contributed by atoms with van der Waals surface area (Å²) in [7, 11) is 4.07. The van der Waals surface area contributed by atoms with Crippen molar-refractivity contribution in [2.75, 3.05) is 38.7 Å². The van der Waals surface area contributed by atoms with E-state index in [0.717, 1.165) is 13.0 Å². The van der Waals surface area contributed by atoms with Gasteiger partial charge in [0.2, 0.25) is 0 Å². The van der Waals surface area contributed by atoms with Crippen molar-refractivity contribution in [1.29, 1.82) is 0 Å². The fraction of sp³-hybridized carbons (Fsp3) is 0.455. The van der Waals surface area contributed by atoms with E-state index >= 15 is 0 Å². The first-order valence-corrected chi connectivity index (χ1v) is 5.02. The van der Waals surface area contributed by atoms with Crippen LogP contribution in [0.15, 0.2) is 18.2 Å². The Hall–Kier alpha value is -1.42. The van der Waals surface area contributed by atoms with Crippen LogP contribution < -0.4 is 16.2 Å². The zero-order chi connectivity index (χ0) is 11.3. The zero-order valence-corrected chi connectivity index (χ0v) is 9.36. The van der Waals surface area contributed by atoms with E-state index in [0.29, 0.717) is 23.7 Å². The number of nitrogens with zero attached hydrogens (tertiary/aromatic N) is 1. The Morgan fingerprint density at radius 1 is 1.27 bits per heavy atom. The number of anilines is 2. The molecule has 0 saturated carbocycles. The largest absolute Gasteiger partial charge is 0.491 e. The van der Waals surface area contributed by atoms with Crippen LogP contribution in [0.3, 0.4) is 0 Å². The number of hydrogen-bond acceptors (Lipinski definition) is 4. The maximum Gasteiger partial charge on any atom is 0.144 e. The summed E-state index contributed by atoms with van der Waals surface area (Å²) >= 11 is 0. The number of rotatable bonds is 5. The van der Waals surface area contributed by atoms with Crippen LogP contribution in [0.25, 0.3) is 0 Å². The molecule has 1 aromatic carbocycles. The van der Waals surface area contributed by atoms with Crippen LogP contribution in [0.5, 0.6) is 5.75 Å². The van der Waals surface area contributed by atoms with Crippen LogP contribution in [0.1, 0.15) is 6.42 Å². The highest BCUT2D eigenvalue weighted by atomic mass is 16.5. The Labute approximate surface area is 90.8 Å². The fourth-order valence-electron chi connectivity index (χ4n) is 1.25. The zero-order valence-electron chi connectivity index (χ0n) is 9.36. The summed E-state index contributed by atoms with van der Waals surface area (Å²) in [5.74, 6) is 0.675. The predicted octanol–water partition coefficient (Wildman–Crippen LogP) is 1.18. The molecular formula is C11H19N3O. The first kappa shape index (κ1) is 11.7. The Morgan fingerprint density at radius 3 is 2.67 bits per heavy atom. The van der Waals surface area contributed by atoms with Crippen molar-refractivity contribution in [2.45, 2.75) is 6.42 Å². The highest BCUT2D eigenvalue weighted by Gasteiger charge is 2.02. The van der Waals surface area contributed by atoms with E-state index in [1.165, 1.54) is 0 Å². The molecule has 0 aliphatic carbocycles. The molecule has 4 nitrogen and oxygen atoms in total. The molecular weight excluding hydrogens is 190 g/mol. The Kier molecular flexibility index (Phi) is 4.24. The van der Waals surface area contributed by atoms with Gasteiger partial charge in [-0.3, -0.25) is 0 Å². The Balaban J connectivity index is 2.41. The molecule has 4 N–H and O–H groups in total. The maximum atomic E-state index is 5.76. The lowest BCUT2D eigenvalue weighted by molar-refractivity contribution is 0.283. The van der Waals surface area contributed by atoms with E-state index < -0.39 is 0 Å². The van der Waals surface area contributed by atoms with E-state index in [2.05, 4.69) is 4.90 Å². The summed E-state index contributed by atoms with van der Waals surface area (Å²) in [5.41, 5.74) is 12.5. The predicted molar refractivity (Wildman–Crippen MR) is 63.9 cm³/mol. The molecule has 0 aliphatic rings. The average Bonchev–Trinajstić information content (AvgIpc) is 2.18. The van der Waals surface area contributed by atoms with Crippen molar-refractivity contribution in [3.63, 3.8) is 0 Å². The number of benzene rings is 1. The third kappa shape index (κ3) is 3.67. The Bertz CT molecular complexity index is 313. The molecule has 0 radical (unpaired) electrons. The molecule has 0 saturated heterocycles. The lowest BCUT2D eigenvalue weighted by Gasteiger charge is -2.12. The van der Waals surface area contributed by atoms with Gasteiger partial charge in [0, 0.05) is 6.54 Å². The minimum Gasteiger partial charge on any atom is -0.491 e. The van der Waals surface area contributed by atoms with Crippen molar-refractivity contribution in [3.05, 3.63) is 18.2 Å². The van der Waals surface area contributed by atoms with E-state index in [9.17, 15) is 0 Å². The van der Waals surface area contributed by atoms with Gasteiger partial charge >= 0.3 is 0 Å². The lowest BCUT2D eigenvalue weighted by Crippen LogP contribution is -2.15. The van der Waals surface area contributed by atoms with Gasteiger partial charge in [-0.2, -0.15) is 0 Å². The van der Waals surface area contributed by atoms with Crippen LogP contribution in [0.4, 0.5) is 11.4 Å². The molecule has 0 spiro atoms. The highest BCUT2D eigenvalue weighted by molar-refractivity contribution is 5.70. The quantitative estimate of drug-likeness (QED) is 0.564. The molecule has 0 aromatic heterocycles. The van der Waals surface area contributed by atoms with Crippen molar-refractivity contribution in [1.82, 2.24) is 4.90 Å². The van der Waals surface area contributed by atoms with Gasteiger partial charge < -0.3 is 21.1 Å². The first-order chi connectivity index (χ1) is 7.11. The topological polar surface area (TPSA) is 64.5 Å². The molecule has 0 fully saturated rings. The van der Waals surface area contributed by atoms with Crippen molar-refractivity contribution in [2.24, 2.45) is 0 Å². The first-order valence-electron chi connectivity index (χ1n) is 5.02. The van der Waals surface area contributed by atoms with E-state index in [-0.39, 0.29) is 0 Å². The second-order valence-corrected chi connectivity index (χ2v) is 3.76. The standard InChI is InChI=1S/C11H19N3O/c1-14(2)7-4-8-15-10-6-3-5-9(12)11(10)13/h3,5-6H,4,7-8,12-13H2,1-2H3. The van der Waals surface area contributed by atoms with Gasteiger partial charge in [0.25, 0.3) is 0 Å². The monoisotopic (exact) mass is 209 g/mol. The van der Waals surface area contributed by atoms with Gasteiger partial charge in [0.15, 0.2) is 0 Å². The van der Waals surface area contributed by atoms with Gasteiger partial charge in [-0.1, -0.05) is 6.07 Å². The fourth-order valence-corrected chi connectivity index (χ4v) is 1.25. The molecule has 0 atom stereocenters. The van der Waals surface area contributed by atoms with E-state index in [1.807, 2.05) is 26.2 Å². The summed E-state index contributed by atoms with van der Waals surface area (Å²) in [6, 6.07) is 5.44. The van der Waals surface area contributed by atoms with Gasteiger partial charge in [0.05, 0.1) is 18.0 Å². The van der Waals surface area contributed by atoms with Gasteiger partial charge in [-0.15, -0.1) is 0 Å². The smallest absolute Gasteiger partial charge is 0.144 e. The molecule has 4 heteroatoms. The number of nitrogens with two attached hydrogens (primary N) is 2. The molecule has 15 heavy (non-hydrogen) atoms. The summed E-state index contributed by atoms with van der Waals surface area (Å²) in [4.78, 5) is 2.12. The molecule has 0 unspecified atom stereocenters. The van der Waals surface area contributed by atoms with Crippen LogP contribution in [0, 0.1) is 0 Å². The maximum absolute atomic E-state index is 5.76. The summed E-state index contributed by atoms with van der Waals surface area (Å²) in [5, 5.41) is 0. The average molecular weight is 209 g/mol. The number of ether oxygens (including phenoxy) is 1. The van der Waals surface area contributed by atoms with E-state index in [4.69, 9.17) is 16.2 Å². The van der Waals surface area contributed by atoms with Crippen LogP contribution >= 0.6 is 0 Å². The third-order valence-electron chi connectivity index (χ3n) is 2.11. The molecule has 0 bridgehead atoms. The molecule has 84 valence electrons. The number of hydrogen-bond donors (Lipinski definition) is 2. The van der Waals surface area contributed by atoms with Crippen LogP contribution in [0.2, 0.25) is 0 Å². The normalized spacial score (nSPS) is 10.6. The Morgan fingerprint density at radius 2 is 2.00 bits per heavy atom. The molecule has 1 rings (SSSR count). The molecule has 1 aromatic rings. The highest BCUT2D eigenvalue weighted by Crippen LogP contribution is 2.26. The third-order valence-corrected chi connectivity index (χ3v) is 2.11. The SMILES string of the molecule is CN(C)CCCOc1cccc(N)c1N. The summed E-state index contributed by atoms with van der Waals surface area (Å²) in [6.45, 7) is 1.66. The van der Waals surface area contributed by atoms with Crippen molar-refractivity contribution >= 4 is 11.4 Å².